The van der Waals surface area contributed by atoms with Gasteiger partial charge >= 0.3 is 6.18 Å². The Morgan fingerprint density at radius 1 is 1.06 bits per heavy atom. The Labute approximate surface area is 186 Å². The third-order valence-electron chi connectivity index (χ3n) is 5.21. The molecule has 1 N–H and O–H groups in total. The largest absolute Gasteiger partial charge is 0.416 e. The van der Waals surface area contributed by atoms with Crippen LogP contribution in [0.2, 0.25) is 0 Å². The topological polar surface area (TPSA) is 52.2 Å². The van der Waals surface area contributed by atoms with Crippen molar-refractivity contribution in [3.05, 3.63) is 66.1 Å². The third-order valence-corrected chi connectivity index (χ3v) is 6.08. The molecule has 10 heteroatoms. The van der Waals surface area contributed by atoms with Crippen molar-refractivity contribution >= 4 is 23.4 Å². The number of amides is 1. The predicted molar refractivity (Wildman–Crippen MR) is 115 cm³/mol. The van der Waals surface area contributed by atoms with Crippen LogP contribution in [0.15, 0.2) is 59.9 Å². The molecule has 0 bridgehead atoms. The first-order chi connectivity index (χ1) is 15.3. The van der Waals surface area contributed by atoms with Crippen LogP contribution in [-0.2, 0) is 11.0 Å². The molecule has 1 aromatic heterocycles. The molecule has 0 radical (unpaired) electrons. The molecule has 0 aliphatic carbocycles. The molecule has 5 nitrogen and oxygen atoms in total. The van der Waals surface area contributed by atoms with Crippen LogP contribution < -0.4 is 4.90 Å². The lowest BCUT2D eigenvalue weighted by atomic mass is 10.1. The van der Waals surface area contributed by atoms with E-state index in [2.05, 4.69) is 9.97 Å². The zero-order chi connectivity index (χ0) is 22.7. The van der Waals surface area contributed by atoms with Crippen LogP contribution >= 0.6 is 11.8 Å². The lowest BCUT2D eigenvalue weighted by Crippen LogP contribution is -2.49. The maximum atomic E-state index is 13.1. The van der Waals surface area contributed by atoms with Crippen LogP contribution in [0.1, 0.15) is 5.56 Å². The van der Waals surface area contributed by atoms with E-state index in [0.717, 1.165) is 23.4 Å². The Kier molecular flexibility index (Phi) is 6.40. The molecule has 0 atom stereocenters. The van der Waals surface area contributed by atoms with Gasteiger partial charge in [-0.15, -0.1) is 0 Å². The van der Waals surface area contributed by atoms with Gasteiger partial charge in [-0.25, -0.2) is 9.37 Å². The lowest BCUT2D eigenvalue weighted by molar-refractivity contribution is -0.137. The highest BCUT2D eigenvalue weighted by Crippen LogP contribution is 2.32. The molecule has 1 aliphatic heterocycles. The van der Waals surface area contributed by atoms with Gasteiger partial charge in [0.05, 0.1) is 23.2 Å². The summed E-state index contributed by atoms with van der Waals surface area (Å²) in [5.41, 5.74) is 1.35. The van der Waals surface area contributed by atoms with E-state index in [-0.39, 0.29) is 17.5 Å². The van der Waals surface area contributed by atoms with E-state index >= 15 is 0 Å². The highest BCUT2D eigenvalue weighted by atomic mass is 32.2. The number of benzene rings is 2. The molecule has 0 spiro atoms. The zero-order valence-electron chi connectivity index (χ0n) is 16.9. The molecule has 1 aliphatic rings. The molecule has 32 heavy (non-hydrogen) atoms. The monoisotopic (exact) mass is 464 g/mol. The smallest absolute Gasteiger partial charge is 0.368 e. The van der Waals surface area contributed by atoms with Crippen molar-refractivity contribution in [3.8, 4) is 11.3 Å². The first kappa shape index (κ1) is 22.2. The molecule has 1 fully saturated rings. The number of halogens is 4. The number of thioether (sulfide) groups is 1. The van der Waals surface area contributed by atoms with Crippen molar-refractivity contribution in [2.75, 3.05) is 36.8 Å². The Balaban J connectivity index is 1.29. The van der Waals surface area contributed by atoms with Crippen molar-refractivity contribution in [1.82, 2.24) is 14.9 Å². The Morgan fingerprint density at radius 3 is 2.47 bits per heavy atom. The number of H-pyrrole nitrogens is 1. The number of alkyl halides is 3. The molecular weight excluding hydrogens is 444 g/mol. The Hall–Kier alpha value is -3.01. The number of aromatic nitrogens is 2. The number of nitrogens with zero attached hydrogens (tertiary/aromatic N) is 3. The zero-order valence-corrected chi connectivity index (χ0v) is 17.7. The van der Waals surface area contributed by atoms with E-state index in [1.54, 1.807) is 29.3 Å². The van der Waals surface area contributed by atoms with Gasteiger partial charge in [0.2, 0.25) is 5.91 Å². The highest BCUT2D eigenvalue weighted by molar-refractivity contribution is 7.99. The first-order valence-corrected chi connectivity index (χ1v) is 10.9. The number of aromatic amines is 1. The summed E-state index contributed by atoms with van der Waals surface area (Å²) in [5, 5.41) is 0.584. The second-order valence-corrected chi connectivity index (χ2v) is 8.28. The van der Waals surface area contributed by atoms with Gasteiger partial charge in [0.25, 0.3) is 0 Å². The van der Waals surface area contributed by atoms with Gasteiger partial charge in [0.1, 0.15) is 5.82 Å². The number of hydrogen-bond donors (Lipinski definition) is 1. The molecule has 1 amide bonds. The van der Waals surface area contributed by atoms with Gasteiger partial charge in [-0.2, -0.15) is 13.2 Å². The van der Waals surface area contributed by atoms with Crippen LogP contribution in [-0.4, -0.2) is 52.7 Å². The number of rotatable bonds is 5. The molecule has 168 valence electrons. The van der Waals surface area contributed by atoms with Crippen molar-refractivity contribution in [2.24, 2.45) is 0 Å². The lowest BCUT2D eigenvalue weighted by Gasteiger charge is -2.36. The number of imidazole rings is 1. The maximum Gasteiger partial charge on any atom is 0.416 e. The second-order valence-electron chi connectivity index (χ2n) is 7.31. The normalized spacial score (nSPS) is 14.6. The molecule has 2 aromatic carbocycles. The summed E-state index contributed by atoms with van der Waals surface area (Å²) in [6.45, 7) is 1.81. The Bertz CT molecular complexity index is 1080. The summed E-state index contributed by atoms with van der Waals surface area (Å²) in [4.78, 5) is 23.5. The van der Waals surface area contributed by atoms with Crippen molar-refractivity contribution in [2.45, 2.75) is 11.3 Å². The van der Waals surface area contributed by atoms with E-state index < -0.39 is 11.7 Å². The molecular formula is C22H20F4N4OS. The summed E-state index contributed by atoms with van der Waals surface area (Å²) in [7, 11) is 0. The van der Waals surface area contributed by atoms with Crippen LogP contribution in [0.5, 0.6) is 0 Å². The average Bonchev–Trinajstić information content (AvgIpc) is 3.27. The second kappa shape index (κ2) is 9.23. The minimum absolute atomic E-state index is 0.0570. The van der Waals surface area contributed by atoms with Crippen molar-refractivity contribution < 1.29 is 22.4 Å². The number of piperazine rings is 1. The minimum atomic E-state index is -4.38. The predicted octanol–water partition coefficient (Wildman–Crippen LogP) is 4.68. The SMILES string of the molecule is O=C(CSc1ncc(-c2ccc(F)cc2)[nH]1)N1CCN(c2cccc(C(F)(F)F)c2)CC1. The quantitative estimate of drug-likeness (QED) is 0.440. The summed E-state index contributed by atoms with van der Waals surface area (Å²) in [5.74, 6) is -0.181. The van der Waals surface area contributed by atoms with E-state index in [4.69, 9.17) is 0 Å². The van der Waals surface area contributed by atoms with Gasteiger partial charge in [0.15, 0.2) is 5.16 Å². The fraction of sp³-hybridized carbons (Fsp3) is 0.273. The molecule has 4 rings (SSSR count). The Morgan fingerprint density at radius 2 is 1.78 bits per heavy atom. The fourth-order valence-corrected chi connectivity index (χ4v) is 4.22. The van der Waals surface area contributed by atoms with E-state index in [9.17, 15) is 22.4 Å². The molecule has 1 saturated heterocycles. The molecule has 0 saturated carbocycles. The molecule has 2 heterocycles. The summed E-state index contributed by atoms with van der Waals surface area (Å²) >= 11 is 1.27. The van der Waals surface area contributed by atoms with Gasteiger partial charge in [0, 0.05) is 31.9 Å². The van der Waals surface area contributed by atoms with Crippen LogP contribution in [0.25, 0.3) is 11.3 Å². The summed E-state index contributed by atoms with van der Waals surface area (Å²) in [6.07, 6.45) is -2.75. The van der Waals surface area contributed by atoms with Gasteiger partial charge in [-0.1, -0.05) is 17.8 Å². The summed E-state index contributed by atoms with van der Waals surface area (Å²) in [6, 6.07) is 11.3. The first-order valence-electron chi connectivity index (χ1n) is 9.93. The van der Waals surface area contributed by atoms with E-state index in [1.165, 1.54) is 30.0 Å². The summed E-state index contributed by atoms with van der Waals surface area (Å²) < 4.78 is 51.9. The molecule has 0 unspecified atom stereocenters. The number of anilines is 1. The third kappa shape index (κ3) is 5.24. The maximum absolute atomic E-state index is 13.1. The minimum Gasteiger partial charge on any atom is -0.368 e. The van der Waals surface area contributed by atoms with Crippen LogP contribution in [0.4, 0.5) is 23.2 Å². The number of carbonyl (C=O) groups is 1. The van der Waals surface area contributed by atoms with Gasteiger partial charge in [-0.3, -0.25) is 4.79 Å². The average molecular weight is 464 g/mol. The standard InChI is InChI=1S/C22H20F4N4OS/c23-17-6-4-15(5-7-17)19-13-27-21(28-19)32-14-20(31)30-10-8-29(9-11-30)18-3-1-2-16(12-18)22(24,25)26/h1-7,12-13H,8-11,14H2,(H,27,28). The van der Waals surface area contributed by atoms with Crippen molar-refractivity contribution in [3.63, 3.8) is 0 Å². The highest BCUT2D eigenvalue weighted by Gasteiger charge is 2.31. The van der Waals surface area contributed by atoms with E-state index in [1.807, 2.05) is 4.90 Å². The van der Waals surface area contributed by atoms with Gasteiger partial charge < -0.3 is 14.8 Å². The van der Waals surface area contributed by atoms with Crippen LogP contribution in [0, 0.1) is 5.82 Å². The number of hydrogen-bond acceptors (Lipinski definition) is 4. The number of carbonyl (C=O) groups excluding carboxylic acids is 1. The molecule has 3 aromatic rings. The van der Waals surface area contributed by atoms with E-state index in [0.29, 0.717) is 37.0 Å². The van der Waals surface area contributed by atoms with Crippen LogP contribution in [0.3, 0.4) is 0 Å². The van der Waals surface area contributed by atoms with Crippen molar-refractivity contribution in [1.29, 1.82) is 0 Å². The fourth-order valence-electron chi connectivity index (χ4n) is 3.47. The van der Waals surface area contributed by atoms with Gasteiger partial charge in [-0.05, 0) is 48.0 Å². The number of nitrogens with one attached hydrogen (secondary N) is 1.